The van der Waals surface area contributed by atoms with Gasteiger partial charge in [0.25, 0.3) is 5.56 Å². The van der Waals surface area contributed by atoms with Gasteiger partial charge in [-0.25, -0.2) is 9.48 Å². The van der Waals surface area contributed by atoms with Gasteiger partial charge in [0.1, 0.15) is 5.02 Å². The van der Waals surface area contributed by atoms with E-state index < -0.39 is 5.56 Å². The SMILES string of the molecule is O=c1c(Cl)c(Cl)cnn1CCCn1c(=O)[nH]c2ccccc21. The van der Waals surface area contributed by atoms with Crippen molar-refractivity contribution in [3.63, 3.8) is 0 Å². The Morgan fingerprint density at radius 3 is 2.73 bits per heavy atom. The van der Waals surface area contributed by atoms with Gasteiger partial charge in [0, 0.05) is 13.1 Å². The molecule has 0 fully saturated rings. The third kappa shape index (κ3) is 2.67. The first-order valence-electron chi connectivity index (χ1n) is 6.66. The predicted octanol–water partition coefficient (Wildman–Crippen LogP) is 2.28. The van der Waals surface area contributed by atoms with Gasteiger partial charge >= 0.3 is 5.69 Å². The molecular weight excluding hydrogens is 327 g/mol. The van der Waals surface area contributed by atoms with Gasteiger partial charge < -0.3 is 4.98 Å². The number of fused-ring (bicyclic) bond motifs is 1. The van der Waals surface area contributed by atoms with Crippen LogP contribution in [0.5, 0.6) is 0 Å². The van der Waals surface area contributed by atoms with Crippen LogP contribution in [0.3, 0.4) is 0 Å². The molecule has 0 aliphatic heterocycles. The number of rotatable bonds is 4. The number of hydrogen-bond acceptors (Lipinski definition) is 3. The highest BCUT2D eigenvalue weighted by atomic mass is 35.5. The molecule has 0 saturated carbocycles. The number of H-pyrrole nitrogens is 1. The van der Waals surface area contributed by atoms with Crippen molar-refractivity contribution in [2.75, 3.05) is 0 Å². The van der Waals surface area contributed by atoms with Crippen LogP contribution in [-0.2, 0) is 13.1 Å². The van der Waals surface area contributed by atoms with Crippen molar-refractivity contribution in [1.82, 2.24) is 19.3 Å². The lowest BCUT2D eigenvalue weighted by molar-refractivity contribution is 0.507. The molecule has 114 valence electrons. The largest absolute Gasteiger partial charge is 0.326 e. The van der Waals surface area contributed by atoms with Crippen LogP contribution in [0.15, 0.2) is 40.1 Å². The third-order valence-corrected chi connectivity index (χ3v) is 4.12. The third-order valence-electron chi connectivity index (χ3n) is 3.38. The van der Waals surface area contributed by atoms with Crippen molar-refractivity contribution >= 4 is 34.2 Å². The van der Waals surface area contributed by atoms with Crippen LogP contribution in [0, 0.1) is 0 Å². The van der Waals surface area contributed by atoms with E-state index in [4.69, 9.17) is 23.2 Å². The molecule has 8 heteroatoms. The number of halogens is 2. The summed E-state index contributed by atoms with van der Waals surface area (Å²) in [4.78, 5) is 26.6. The molecule has 3 aromatic rings. The lowest BCUT2D eigenvalue weighted by Gasteiger charge is -2.06. The van der Waals surface area contributed by atoms with Crippen molar-refractivity contribution in [1.29, 1.82) is 0 Å². The van der Waals surface area contributed by atoms with E-state index >= 15 is 0 Å². The number of aryl methyl sites for hydroxylation is 2. The molecule has 0 bridgehead atoms. The Morgan fingerprint density at radius 2 is 1.91 bits per heavy atom. The molecule has 0 spiro atoms. The quantitative estimate of drug-likeness (QED) is 0.793. The number of nitrogens with one attached hydrogen (secondary N) is 1. The second kappa shape index (κ2) is 5.98. The standard InChI is InChI=1S/C14H12Cl2N4O2/c15-9-8-17-20(13(21)12(9)16)7-3-6-19-11-5-2-1-4-10(11)18-14(19)22/h1-2,4-5,8H,3,6-7H2,(H,18,22). The first kappa shape index (κ1) is 14.9. The maximum atomic E-state index is 11.9. The molecule has 1 aromatic carbocycles. The molecule has 2 heterocycles. The Hall–Kier alpha value is -2.05. The summed E-state index contributed by atoms with van der Waals surface area (Å²) in [6.07, 6.45) is 1.90. The Balaban J connectivity index is 1.78. The number of hydrogen-bond donors (Lipinski definition) is 1. The fourth-order valence-electron chi connectivity index (χ4n) is 2.31. The maximum Gasteiger partial charge on any atom is 0.326 e. The smallest absolute Gasteiger partial charge is 0.306 e. The van der Waals surface area contributed by atoms with Gasteiger partial charge in [-0.2, -0.15) is 5.10 Å². The van der Waals surface area contributed by atoms with Crippen LogP contribution in [-0.4, -0.2) is 19.3 Å². The van der Waals surface area contributed by atoms with E-state index in [9.17, 15) is 9.59 Å². The molecule has 0 saturated heterocycles. The fraction of sp³-hybridized carbons (Fsp3) is 0.214. The number of imidazole rings is 1. The Kier molecular flexibility index (Phi) is 4.04. The summed E-state index contributed by atoms with van der Waals surface area (Å²) in [5.74, 6) is 0. The molecule has 0 atom stereocenters. The topological polar surface area (TPSA) is 72.7 Å². The molecule has 0 aliphatic rings. The maximum absolute atomic E-state index is 11.9. The lowest BCUT2D eigenvalue weighted by Crippen LogP contribution is -2.25. The molecule has 0 radical (unpaired) electrons. The molecule has 3 rings (SSSR count). The van der Waals surface area contributed by atoms with Crippen LogP contribution in [0.2, 0.25) is 10.0 Å². The van der Waals surface area contributed by atoms with Crippen LogP contribution < -0.4 is 11.2 Å². The first-order chi connectivity index (χ1) is 10.6. The van der Waals surface area contributed by atoms with Gasteiger partial charge in [0.05, 0.1) is 22.3 Å². The highest BCUT2D eigenvalue weighted by Crippen LogP contribution is 2.14. The number of aromatic nitrogens is 4. The Morgan fingerprint density at radius 1 is 1.14 bits per heavy atom. The average Bonchev–Trinajstić information content (AvgIpc) is 2.83. The van der Waals surface area contributed by atoms with Crippen molar-refractivity contribution in [3.05, 3.63) is 61.3 Å². The van der Waals surface area contributed by atoms with Gasteiger partial charge in [-0.15, -0.1) is 0 Å². The van der Waals surface area contributed by atoms with Gasteiger partial charge in [0.15, 0.2) is 0 Å². The van der Waals surface area contributed by atoms with Crippen LogP contribution >= 0.6 is 23.2 Å². The molecule has 6 nitrogen and oxygen atoms in total. The average molecular weight is 339 g/mol. The van der Waals surface area contributed by atoms with E-state index in [2.05, 4.69) is 10.1 Å². The highest BCUT2D eigenvalue weighted by molar-refractivity contribution is 6.41. The van der Waals surface area contributed by atoms with Crippen molar-refractivity contribution in [2.45, 2.75) is 19.5 Å². The number of benzene rings is 1. The van der Waals surface area contributed by atoms with Crippen LogP contribution in [0.1, 0.15) is 6.42 Å². The summed E-state index contributed by atoms with van der Waals surface area (Å²) in [5.41, 5.74) is 1.02. The second-order valence-corrected chi connectivity index (χ2v) is 5.57. The zero-order valence-corrected chi connectivity index (χ0v) is 12.9. The molecule has 0 aliphatic carbocycles. The van der Waals surface area contributed by atoms with E-state index in [-0.39, 0.29) is 15.7 Å². The predicted molar refractivity (Wildman–Crippen MR) is 85.7 cm³/mol. The van der Waals surface area contributed by atoms with Gasteiger partial charge in [-0.1, -0.05) is 35.3 Å². The van der Waals surface area contributed by atoms with Gasteiger partial charge in [-0.05, 0) is 18.6 Å². The van der Waals surface area contributed by atoms with Crippen molar-refractivity contribution < 1.29 is 0 Å². The minimum absolute atomic E-state index is 0.0408. The van der Waals surface area contributed by atoms with Crippen molar-refractivity contribution in [2.24, 2.45) is 0 Å². The summed E-state index contributed by atoms with van der Waals surface area (Å²) >= 11 is 11.5. The molecule has 0 unspecified atom stereocenters. The van der Waals surface area contributed by atoms with E-state index in [1.54, 1.807) is 4.57 Å². The minimum Gasteiger partial charge on any atom is -0.306 e. The van der Waals surface area contributed by atoms with Gasteiger partial charge in [-0.3, -0.25) is 9.36 Å². The summed E-state index contributed by atoms with van der Waals surface area (Å²) in [6, 6.07) is 7.45. The molecular formula is C14H12Cl2N4O2. The van der Waals surface area contributed by atoms with Crippen LogP contribution in [0.4, 0.5) is 0 Å². The van der Waals surface area contributed by atoms with Gasteiger partial charge in [0.2, 0.25) is 0 Å². The van der Waals surface area contributed by atoms with Crippen molar-refractivity contribution in [3.8, 4) is 0 Å². The number of nitrogens with zero attached hydrogens (tertiary/aromatic N) is 3. The van der Waals surface area contributed by atoms with E-state index in [0.717, 1.165) is 11.0 Å². The van der Waals surface area contributed by atoms with Crippen LogP contribution in [0.25, 0.3) is 11.0 Å². The summed E-state index contributed by atoms with van der Waals surface area (Å²) < 4.78 is 2.88. The fourth-order valence-corrected chi connectivity index (χ4v) is 2.58. The highest BCUT2D eigenvalue weighted by Gasteiger charge is 2.09. The minimum atomic E-state index is -0.430. The Labute approximate surface area is 134 Å². The Bertz CT molecular complexity index is 942. The summed E-state index contributed by atoms with van der Waals surface area (Å²) in [5, 5.41) is 4.03. The zero-order chi connectivity index (χ0) is 15.7. The van der Waals surface area contributed by atoms with E-state index in [1.807, 2.05) is 24.3 Å². The zero-order valence-electron chi connectivity index (χ0n) is 11.4. The molecule has 0 amide bonds. The lowest BCUT2D eigenvalue weighted by atomic mass is 10.3. The monoisotopic (exact) mass is 338 g/mol. The number of para-hydroxylation sites is 2. The second-order valence-electron chi connectivity index (χ2n) is 4.79. The van der Waals surface area contributed by atoms with E-state index in [1.165, 1.54) is 10.9 Å². The molecule has 22 heavy (non-hydrogen) atoms. The normalized spacial score (nSPS) is 11.2. The number of aromatic amines is 1. The summed E-state index contributed by atoms with van der Waals surface area (Å²) in [7, 11) is 0. The first-order valence-corrected chi connectivity index (χ1v) is 7.42. The molecule has 2 aromatic heterocycles. The summed E-state index contributed by atoms with van der Waals surface area (Å²) in [6.45, 7) is 0.818. The van der Waals surface area contributed by atoms with E-state index in [0.29, 0.717) is 19.5 Å². The molecule has 1 N–H and O–H groups in total.